The first-order valence-electron chi connectivity index (χ1n) is 11.2. The van der Waals surface area contributed by atoms with Gasteiger partial charge in [0.1, 0.15) is 11.5 Å². The minimum absolute atomic E-state index is 0.00118. The molecular weight excluding hydrogens is 400 g/mol. The molecule has 0 aliphatic heterocycles. The number of fused-ring (bicyclic) bond motifs is 1. The van der Waals surface area contributed by atoms with Crippen LogP contribution in [-0.4, -0.2) is 42.4 Å². The van der Waals surface area contributed by atoms with Crippen molar-refractivity contribution < 1.29 is 4.79 Å². The molecule has 31 heavy (non-hydrogen) atoms. The molecule has 0 spiro atoms. The molecule has 1 N–H and O–H groups in total. The van der Waals surface area contributed by atoms with Crippen molar-refractivity contribution in [2.24, 2.45) is 0 Å². The Labute approximate surface area is 187 Å². The van der Waals surface area contributed by atoms with E-state index in [1.807, 2.05) is 30.3 Å². The number of carbonyl (C=O) groups is 1. The first-order valence-corrected chi connectivity index (χ1v) is 13.3. The summed E-state index contributed by atoms with van der Waals surface area (Å²) in [7, 11) is 1.65. The molecule has 0 aliphatic rings. The second kappa shape index (κ2) is 8.87. The number of pyridine rings is 1. The molecule has 0 aliphatic carbocycles. The normalized spacial score (nSPS) is 12.2. The quantitative estimate of drug-likeness (QED) is 0.430. The monoisotopic (exact) mass is 436 g/mol. The highest BCUT2D eigenvalue weighted by molar-refractivity contribution is 6.82. The van der Waals surface area contributed by atoms with Crippen LogP contribution in [0.5, 0.6) is 0 Å². The standard InChI is InChI=1S/C25H36N4OSi/c1-17(2)31(18(3)4,19(5)6)29-16-15-20-11-14-23(27-24(20)29)26-22-12-9-21(10-13-22)25(30)28(7)8/h9-19H,1-8H3,(H,26,27). The first kappa shape index (κ1) is 23.1. The first-order chi connectivity index (χ1) is 14.6. The lowest BCUT2D eigenvalue weighted by molar-refractivity contribution is 0.0827. The average molecular weight is 437 g/mol. The minimum atomic E-state index is -1.88. The van der Waals surface area contributed by atoms with Crippen LogP contribution in [0, 0.1) is 0 Å². The number of hydrogen-bond acceptors (Lipinski definition) is 3. The van der Waals surface area contributed by atoms with Crippen LogP contribution in [0.1, 0.15) is 51.9 Å². The molecule has 5 nitrogen and oxygen atoms in total. The average Bonchev–Trinajstić information content (AvgIpc) is 3.11. The predicted molar refractivity (Wildman–Crippen MR) is 134 cm³/mol. The van der Waals surface area contributed by atoms with Crippen molar-refractivity contribution in [3.63, 3.8) is 0 Å². The van der Waals surface area contributed by atoms with Gasteiger partial charge in [-0.1, -0.05) is 41.5 Å². The highest BCUT2D eigenvalue weighted by atomic mass is 28.3. The third-order valence-electron chi connectivity index (χ3n) is 6.54. The SMILES string of the molecule is CC(C)[Si](C(C)C)(C(C)C)n1ccc2ccc(Nc3ccc(C(=O)N(C)C)cc3)nc21. The van der Waals surface area contributed by atoms with Gasteiger partial charge in [0.2, 0.25) is 0 Å². The molecule has 1 amide bonds. The van der Waals surface area contributed by atoms with Crippen molar-refractivity contribution >= 4 is 36.7 Å². The molecule has 0 saturated heterocycles. The Hall–Kier alpha value is -2.60. The molecule has 0 saturated carbocycles. The van der Waals surface area contributed by atoms with E-state index in [-0.39, 0.29) is 5.91 Å². The van der Waals surface area contributed by atoms with Gasteiger partial charge in [0, 0.05) is 30.7 Å². The van der Waals surface area contributed by atoms with Crippen LogP contribution in [-0.2, 0) is 0 Å². The van der Waals surface area contributed by atoms with Gasteiger partial charge in [0.15, 0.2) is 8.24 Å². The van der Waals surface area contributed by atoms with E-state index >= 15 is 0 Å². The summed E-state index contributed by atoms with van der Waals surface area (Å²) in [6.07, 6.45) is 2.26. The molecule has 1 aromatic carbocycles. The summed E-state index contributed by atoms with van der Waals surface area (Å²) in [6, 6.07) is 13.9. The number of hydrogen-bond donors (Lipinski definition) is 1. The molecule has 6 heteroatoms. The van der Waals surface area contributed by atoms with E-state index in [9.17, 15) is 4.79 Å². The molecule has 0 bridgehead atoms. The van der Waals surface area contributed by atoms with Gasteiger partial charge < -0.3 is 14.4 Å². The van der Waals surface area contributed by atoms with E-state index in [4.69, 9.17) is 4.98 Å². The van der Waals surface area contributed by atoms with Gasteiger partial charge in [-0.25, -0.2) is 4.98 Å². The summed E-state index contributed by atoms with van der Waals surface area (Å²) >= 11 is 0. The second-order valence-electron chi connectivity index (χ2n) is 9.55. The maximum absolute atomic E-state index is 12.1. The number of benzene rings is 1. The van der Waals surface area contributed by atoms with Crippen LogP contribution in [0.3, 0.4) is 0 Å². The van der Waals surface area contributed by atoms with Crippen LogP contribution in [0.25, 0.3) is 11.0 Å². The largest absolute Gasteiger partial charge is 0.358 e. The third-order valence-corrected chi connectivity index (χ3v) is 13.3. The van der Waals surface area contributed by atoms with Crippen molar-refractivity contribution in [3.05, 3.63) is 54.2 Å². The van der Waals surface area contributed by atoms with Crippen LogP contribution >= 0.6 is 0 Å². The highest BCUT2D eigenvalue weighted by Crippen LogP contribution is 2.44. The topological polar surface area (TPSA) is 50.2 Å². The molecule has 0 unspecified atom stereocenters. The Balaban J connectivity index is 1.99. The fraction of sp³-hybridized carbons (Fsp3) is 0.440. The lowest BCUT2D eigenvalue weighted by Crippen LogP contribution is -2.51. The number of rotatable bonds is 7. The summed E-state index contributed by atoms with van der Waals surface area (Å²) in [5.41, 5.74) is 4.46. The molecule has 2 aromatic heterocycles. The van der Waals surface area contributed by atoms with Crippen molar-refractivity contribution in [2.75, 3.05) is 19.4 Å². The minimum Gasteiger partial charge on any atom is -0.358 e. The zero-order chi connectivity index (χ0) is 22.9. The number of nitrogens with one attached hydrogen (secondary N) is 1. The molecule has 3 rings (SSSR count). The Kier molecular flexibility index (Phi) is 6.60. The molecule has 166 valence electrons. The van der Waals surface area contributed by atoms with Crippen LogP contribution in [0.2, 0.25) is 16.6 Å². The zero-order valence-electron chi connectivity index (χ0n) is 20.1. The maximum Gasteiger partial charge on any atom is 0.253 e. The third kappa shape index (κ3) is 4.13. The van der Waals surface area contributed by atoms with Gasteiger partial charge in [-0.15, -0.1) is 0 Å². The lowest BCUT2D eigenvalue weighted by atomic mass is 10.2. The number of amides is 1. The number of anilines is 2. The Morgan fingerprint density at radius 1 is 0.903 bits per heavy atom. The fourth-order valence-corrected chi connectivity index (χ4v) is 11.9. The van der Waals surface area contributed by atoms with E-state index in [0.717, 1.165) is 17.2 Å². The lowest BCUT2D eigenvalue weighted by Gasteiger charge is -2.44. The Morgan fingerprint density at radius 3 is 2.00 bits per heavy atom. The molecular formula is C25H36N4OSi. The van der Waals surface area contributed by atoms with E-state index in [0.29, 0.717) is 22.2 Å². The number of carbonyl (C=O) groups excluding carboxylic acids is 1. The van der Waals surface area contributed by atoms with Gasteiger partial charge in [-0.2, -0.15) is 0 Å². The number of nitrogens with zero attached hydrogens (tertiary/aromatic N) is 3. The summed E-state index contributed by atoms with van der Waals surface area (Å²) in [5, 5.41) is 4.59. The fourth-order valence-electron chi connectivity index (χ4n) is 5.33. The van der Waals surface area contributed by atoms with E-state index < -0.39 is 8.24 Å². The molecule has 0 fully saturated rings. The van der Waals surface area contributed by atoms with Crippen LogP contribution in [0.15, 0.2) is 48.7 Å². The van der Waals surface area contributed by atoms with Gasteiger partial charge in [0.05, 0.1) is 0 Å². The van der Waals surface area contributed by atoms with Gasteiger partial charge in [-0.05, 0) is 65.3 Å². The van der Waals surface area contributed by atoms with Crippen molar-refractivity contribution in [1.82, 2.24) is 14.1 Å². The summed E-state index contributed by atoms with van der Waals surface area (Å²) < 4.78 is 2.53. The summed E-state index contributed by atoms with van der Waals surface area (Å²) in [6.45, 7) is 14.2. The van der Waals surface area contributed by atoms with E-state index in [1.54, 1.807) is 19.0 Å². The molecule has 0 atom stereocenters. The van der Waals surface area contributed by atoms with Crippen molar-refractivity contribution in [2.45, 2.75) is 58.2 Å². The van der Waals surface area contributed by atoms with Gasteiger partial charge in [-0.3, -0.25) is 4.79 Å². The van der Waals surface area contributed by atoms with Crippen LogP contribution in [0.4, 0.5) is 11.5 Å². The van der Waals surface area contributed by atoms with Gasteiger partial charge >= 0.3 is 0 Å². The highest BCUT2D eigenvalue weighted by Gasteiger charge is 2.45. The molecule has 0 radical (unpaired) electrons. The van der Waals surface area contributed by atoms with Gasteiger partial charge in [0.25, 0.3) is 5.91 Å². The van der Waals surface area contributed by atoms with Crippen molar-refractivity contribution in [3.8, 4) is 0 Å². The predicted octanol–water partition coefficient (Wildman–Crippen LogP) is 6.51. The Morgan fingerprint density at radius 2 is 1.48 bits per heavy atom. The molecule has 2 heterocycles. The summed E-state index contributed by atoms with van der Waals surface area (Å²) in [5.74, 6) is 0.819. The van der Waals surface area contributed by atoms with Crippen LogP contribution < -0.4 is 5.32 Å². The van der Waals surface area contributed by atoms with E-state index in [2.05, 4.69) is 69.4 Å². The van der Waals surface area contributed by atoms with E-state index in [1.165, 1.54) is 5.39 Å². The number of aromatic nitrogens is 2. The second-order valence-corrected chi connectivity index (χ2v) is 15.3. The maximum atomic E-state index is 12.1. The Bertz CT molecular complexity index is 1030. The summed E-state index contributed by atoms with van der Waals surface area (Å²) in [4.78, 5) is 18.7. The smallest absolute Gasteiger partial charge is 0.253 e. The zero-order valence-corrected chi connectivity index (χ0v) is 21.1. The molecule has 3 aromatic rings. The van der Waals surface area contributed by atoms with Crippen molar-refractivity contribution in [1.29, 1.82) is 0 Å².